The molecule has 2 aliphatic heterocycles. The Bertz CT molecular complexity index is 329. The van der Waals surface area contributed by atoms with Gasteiger partial charge >= 0.3 is 0 Å². The topological polar surface area (TPSA) is 53.6 Å². The third kappa shape index (κ3) is 4.67. The first-order valence-corrected chi connectivity index (χ1v) is 8.90. The van der Waals surface area contributed by atoms with Gasteiger partial charge in [-0.3, -0.25) is 4.79 Å². The molecule has 2 rings (SSSR count). The zero-order chi connectivity index (χ0) is 15.8. The van der Waals surface area contributed by atoms with Crippen LogP contribution in [-0.4, -0.2) is 63.8 Å². The fourth-order valence-electron chi connectivity index (χ4n) is 3.79. The van der Waals surface area contributed by atoms with E-state index in [0.717, 1.165) is 51.4 Å². The molecule has 2 N–H and O–H groups in total. The van der Waals surface area contributed by atoms with E-state index in [-0.39, 0.29) is 11.3 Å². The molecule has 2 fully saturated rings. The molecule has 0 aliphatic carbocycles. The number of nitrogens with zero attached hydrogens (tertiary/aromatic N) is 1. The Morgan fingerprint density at radius 3 is 2.59 bits per heavy atom. The molecule has 2 aliphatic rings. The van der Waals surface area contributed by atoms with Crippen LogP contribution in [0, 0.1) is 11.3 Å². The van der Waals surface area contributed by atoms with Crippen molar-refractivity contribution in [1.82, 2.24) is 15.5 Å². The molecule has 0 unspecified atom stereocenters. The molecule has 1 amide bonds. The van der Waals surface area contributed by atoms with Crippen LogP contribution in [-0.2, 0) is 9.53 Å². The molecule has 0 spiro atoms. The lowest BCUT2D eigenvalue weighted by atomic mass is 9.78. The van der Waals surface area contributed by atoms with Gasteiger partial charge in [0, 0.05) is 13.7 Å². The molecule has 128 valence electrons. The first-order chi connectivity index (χ1) is 10.7. The molecule has 5 nitrogen and oxygen atoms in total. The van der Waals surface area contributed by atoms with E-state index in [9.17, 15) is 4.79 Å². The van der Waals surface area contributed by atoms with Crippen molar-refractivity contribution < 1.29 is 9.53 Å². The van der Waals surface area contributed by atoms with Crippen LogP contribution in [0.15, 0.2) is 0 Å². The van der Waals surface area contributed by atoms with Gasteiger partial charge in [-0.2, -0.15) is 0 Å². The van der Waals surface area contributed by atoms with Gasteiger partial charge < -0.3 is 20.3 Å². The van der Waals surface area contributed by atoms with Crippen molar-refractivity contribution in [1.29, 1.82) is 0 Å². The van der Waals surface area contributed by atoms with E-state index in [0.29, 0.717) is 6.61 Å². The van der Waals surface area contributed by atoms with Crippen LogP contribution in [0.1, 0.15) is 39.0 Å². The van der Waals surface area contributed by atoms with Crippen molar-refractivity contribution in [3.8, 4) is 0 Å². The number of piperidine rings is 2. The molecule has 0 saturated carbocycles. The molecule has 0 aromatic heterocycles. The summed E-state index contributed by atoms with van der Waals surface area (Å²) in [5.41, 5.74) is -0.314. The van der Waals surface area contributed by atoms with E-state index in [2.05, 4.69) is 22.5 Å². The molecule has 22 heavy (non-hydrogen) atoms. The van der Waals surface area contributed by atoms with E-state index >= 15 is 0 Å². The lowest BCUT2D eigenvalue weighted by Crippen LogP contribution is -2.50. The fourth-order valence-corrected chi connectivity index (χ4v) is 3.79. The maximum atomic E-state index is 12.6. The normalized spacial score (nSPS) is 23.4. The summed E-state index contributed by atoms with van der Waals surface area (Å²) in [6.07, 6.45) is 5.42. The molecule has 0 aromatic rings. The summed E-state index contributed by atoms with van der Waals surface area (Å²) in [5, 5.41) is 6.52. The van der Waals surface area contributed by atoms with Crippen LogP contribution in [0.4, 0.5) is 0 Å². The maximum absolute atomic E-state index is 12.6. The molecule has 2 saturated heterocycles. The van der Waals surface area contributed by atoms with Crippen LogP contribution < -0.4 is 10.6 Å². The maximum Gasteiger partial charge on any atom is 0.228 e. The number of methoxy groups -OCH3 is 1. The van der Waals surface area contributed by atoms with Crippen LogP contribution >= 0.6 is 0 Å². The Kier molecular flexibility index (Phi) is 7.12. The molecule has 2 heterocycles. The van der Waals surface area contributed by atoms with Crippen LogP contribution in [0.25, 0.3) is 0 Å². The number of carbonyl (C=O) groups excluding carboxylic acids is 1. The Morgan fingerprint density at radius 2 is 2.00 bits per heavy atom. The van der Waals surface area contributed by atoms with Crippen LogP contribution in [0.5, 0.6) is 0 Å². The summed E-state index contributed by atoms with van der Waals surface area (Å²) in [6.45, 7) is 9.00. The molecule has 0 atom stereocenters. The number of likely N-dealkylation sites (tertiary alicyclic amines) is 1. The number of nitrogens with one attached hydrogen (secondary N) is 2. The third-order valence-corrected chi connectivity index (χ3v) is 5.46. The van der Waals surface area contributed by atoms with Gasteiger partial charge in [0.2, 0.25) is 5.91 Å². The van der Waals surface area contributed by atoms with Crippen molar-refractivity contribution in [2.75, 3.05) is 53.0 Å². The number of rotatable bonds is 7. The smallest absolute Gasteiger partial charge is 0.228 e. The minimum absolute atomic E-state index is 0.196. The average Bonchev–Trinajstić information content (AvgIpc) is 2.56. The van der Waals surface area contributed by atoms with E-state index in [4.69, 9.17) is 4.74 Å². The van der Waals surface area contributed by atoms with Crippen LogP contribution in [0.2, 0.25) is 0 Å². The number of carbonyl (C=O) groups is 1. The zero-order valence-electron chi connectivity index (χ0n) is 14.3. The van der Waals surface area contributed by atoms with E-state index in [1.807, 2.05) is 0 Å². The summed E-state index contributed by atoms with van der Waals surface area (Å²) in [7, 11) is 1.69. The van der Waals surface area contributed by atoms with Crippen LogP contribution in [0.3, 0.4) is 0 Å². The van der Waals surface area contributed by atoms with Gasteiger partial charge in [0.1, 0.15) is 0 Å². The summed E-state index contributed by atoms with van der Waals surface area (Å²) < 4.78 is 5.33. The lowest BCUT2D eigenvalue weighted by Gasteiger charge is -2.36. The second-order valence-electron chi connectivity index (χ2n) is 6.89. The second kappa shape index (κ2) is 8.85. The molecular weight excluding hydrogens is 278 g/mol. The predicted octanol–water partition coefficient (Wildman–Crippen LogP) is 1.24. The van der Waals surface area contributed by atoms with Gasteiger partial charge in [0.25, 0.3) is 0 Å². The van der Waals surface area contributed by atoms with Crippen molar-refractivity contribution >= 4 is 5.91 Å². The molecule has 0 radical (unpaired) electrons. The number of amides is 1. The first kappa shape index (κ1) is 17.7. The van der Waals surface area contributed by atoms with Crippen molar-refractivity contribution in [3.05, 3.63) is 0 Å². The van der Waals surface area contributed by atoms with Gasteiger partial charge in [-0.15, -0.1) is 0 Å². The summed E-state index contributed by atoms with van der Waals surface area (Å²) in [4.78, 5) is 15.1. The molecule has 5 heteroatoms. The summed E-state index contributed by atoms with van der Waals surface area (Å²) in [6, 6.07) is 0. The van der Waals surface area contributed by atoms with Crippen molar-refractivity contribution in [3.63, 3.8) is 0 Å². The minimum Gasteiger partial charge on any atom is -0.384 e. The predicted molar refractivity (Wildman–Crippen MR) is 88.9 cm³/mol. The van der Waals surface area contributed by atoms with Crippen molar-refractivity contribution in [2.45, 2.75) is 39.0 Å². The molecular formula is C17H33N3O2. The van der Waals surface area contributed by atoms with Crippen molar-refractivity contribution in [2.24, 2.45) is 11.3 Å². The van der Waals surface area contributed by atoms with Gasteiger partial charge in [-0.1, -0.05) is 6.92 Å². The summed E-state index contributed by atoms with van der Waals surface area (Å²) in [5.74, 6) is 0.969. The first-order valence-electron chi connectivity index (χ1n) is 8.90. The molecule has 0 aromatic carbocycles. The van der Waals surface area contributed by atoms with Gasteiger partial charge in [-0.05, 0) is 70.7 Å². The monoisotopic (exact) mass is 311 g/mol. The summed E-state index contributed by atoms with van der Waals surface area (Å²) >= 11 is 0. The van der Waals surface area contributed by atoms with E-state index < -0.39 is 0 Å². The Balaban J connectivity index is 1.72. The lowest BCUT2D eigenvalue weighted by molar-refractivity contribution is -0.136. The largest absolute Gasteiger partial charge is 0.384 e. The fraction of sp³-hybridized carbons (Fsp3) is 0.941. The minimum atomic E-state index is -0.314. The Hall–Kier alpha value is -0.650. The highest BCUT2D eigenvalue weighted by Gasteiger charge is 2.39. The number of ether oxygens (including phenoxy) is 1. The number of hydrogen-bond acceptors (Lipinski definition) is 4. The third-order valence-electron chi connectivity index (χ3n) is 5.46. The van der Waals surface area contributed by atoms with Gasteiger partial charge in [-0.25, -0.2) is 0 Å². The quantitative estimate of drug-likeness (QED) is 0.743. The zero-order valence-corrected chi connectivity index (χ0v) is 14.3. The van der Waals surface area contributed by atoms with Gasteiger partial charge in [0.05, 0.1) is 12.0 Å². The SMILES string of the molecule is CCN1CCC(CCNC(=O)C2(COC)CCNCC2)CC1. The molecule has 0 bridgehead atoms. The van der Waals surface area contributed by atoms with Gasteiger partial charge in [0.15, 0.2) is 0 Å². The Morgan fingerprint density at radius 1 is 1.32 bits per heavy atom. The highest BCUT2D eigenvalue weighted by atomic mass is 16.5. The van der Waals surface area contributed by atoms with E-state index in [1.54, 1.807) is 7.11 Å². The average molecular weight is 311 g/mol. The Labute approximate surface area is 135 Å². The second-order valence-corrected chi connectivity index (χ2v) is 6.89. The van der Waals surface area contributed by atoms with E-state index in [1.165, 1.54) is 25.9 Å². The number of hydrogen-bond donors (Lipinski definition) is 2. The standard InChI is InChI=1S/C17H33N3O2/c1-3-20-12-5-15(6-13-20)4-9-19-16(21)17(14-22-2)7-10-18-11-8-17/h15,18H,3-14H2,1-2H3,(H,19,21). The highest BCUT2D eigenvalue weighted by Crippen LogP contribution is 2.29. The highest BCUT2D eigenvalue weighted by molar-refractivity contribution is 5.82.